The van der Waals surface area contributed by atoms with Gasteiger partial charge < -0.3 is 10.1 Å². The molecule has 1 aromatic rings. The fraction of sp³-hybridized carbons (Fsp3) is 0.562. The molecule has 0 unspecified atom stereocenters. The summed E-state index contributed by atoms with van der Waals surface area (Å²) in [7, 11) is 0. The number of carbonyl (C=O) groups is 1. The first kappa shape index (κ1) is 12.7. The van der Waals surface area contributed by atoms with Gasteiger partial charge in [0.15, 0.2) is 0 Å². The summed E-state index contributed by atoms with van der Waals surface area (Å²) in [4.78, 5) is 12.1. The van der Waals surface area contributed by atoms with E-state index < -0.39 is 0 Å². The molecule has 0 bridgehead atoms. The molecular formula is C16H21NO2. The minimum absolute atomic E-state index is 0.0965. The zero-order valence-corrected chi connectivity index (χ0v) is 11.2. The molecule has 19 heavy (non-hydrogen) atoms. The van der Waals surface area contributed by atoms with Gasteiger partial charge in [0, 0.05) is 12.0 Å². The van der Waals surface area contributed by atoms with Crippen LogP contribution in [0.5, 0.6) is 0 Å². The largest absolute Gasteiger partial charge is 0.458 e. The first-order valence-corrected chi connectivity index (χ1v) is 7.34. The van der Waals surface area contributed by atoms with Gasteiger partial charge in [-0.05, 0) is 37.9 Å². The van der Waals surface area contributed by atoms with E-state index in [-0.39, 0.29) is 12.1 Å². The number of piperidine rings is 1. The summed E-state index contributed by atoms with van der Waals surface area (Å²) in [5, 5.41) is 3.57. The van der Waals surface area contributed by atoms with E-state index in [1.807, 2.05) is 30.3 Å². The second kappa shape index (κ2) is 5.74. The van der Waals surface area contributed by atoms with Gasteiger partial charge in [0.25, 0.3) is 0 Å². The van der Waals surface area contributed by atoms with E-state index in [2.05, 4.69) is 5.32 Å². The van der Waals surface area contributed by atoms with Gasteiger partial charge >= 0.3 is 5.97 Å². The van der Waals surface area contributed by atoms with Crippen molar-refractivity contribution in [1.82, 2.24) is 5.32 Å². The first-order chi connectivity index (χ1) is 9.34. The van der Waals surface area contributed by atoms with Crippen molar-refractivity contribution < 1.29 is 9.53 Å². The molecule has 3 rings (SSSR count). The Kier molecular flexibility index (Phi) is 3.83. The summed E-state index contributed by atoms with van der Waals surface area (Å²) in [5.74, 6) is 0.340. The molecule has 0 amide bonds. The Hall–Kier alpha value is -1.35. The third-order valence-electron chi connectivity index (χ3n) is 4.40. The third kappa shape index (κ3) is 2.81. The number of nitrogens with one attached hydrogen (secondary N) is 1. The molecule has 1 saturated heterocycles. The van der Waals surface area contributed by atoms with Crippen molar-refractivity contribution in [3.8, 4) is 0 Å². The van der Waals surface area contributed by atoms with Crippen LogP contribution in [-0.4, -0.2) is 24.7 Å². The highest BCUT2D eigenvalue weighted by Crippen LogP contribution is 2.32. The van der Waals surface area contributed by atoms with Crippen LogP contribution in [-0.2, 0) is 4.74 Å². The van der Waals surface area contributed by atoms with Crippen LogP contribution >= 0.6 is 0 Å². The zero-order valence-electron chi connectivity index (χ0n) is 11.2. The maximum atomic E-state index is 12.1. The van der Waals surface area contributed by atoms with Gasteiger partial charge in [0.2, 0.25) is 0 Å². The van der Waals surface area contributed by atoms with Crippen LogP contribution in [0, 0.1) is 5.92 Å². The van der Waals surface area contributed by atoms with Crippen molar-refractivity contribution in [1.29, 1.82) is 0 Å². The number of esters is 1. The lowest BCUT2D eigenvalue weighted by Crippen LogP contribution is -2.51. The molecule has 1 aliphatic carbocycles. The number of carbonyl (C=O) groups excluding carboxylic acids is 1. The standard InChI is InChI=1S/C16H21NO2/c18-16(12-6-2-1-3-7-12)19-15-10-11-17-14-9-5-4-8-13(14)15/h1-3,6-7,13-15,17H,4-5,8-11H2/t13-,14+,15+/m0/s1. The average molecular weight is 259 g/mol. The number of fused-ring (bicyclic) bond motifs is 1. The quantitative estimate of drug-likeness (QED) is 0.830. The summed E-state index contributed by atoms with van der Waals surface area (Å²) < 4.78 is 5.77. The second-order valence-electron chi connectivity index (χ2n) is 5.61. The van der Waals surface area contributed by atoms with Crippen molar-refractivity contribution in [2.24, 2.45) is 5.92 Å². The van der Waals surface area contributed by atoms with Crippen molar-refractivity contribution in [3.63, 3.8) is 0 Å². The topological polar surface area (TPSA) is 38.3 Å². The molecule has 1 heterocycles. The molecule has 102 valence electrons. The van der Waals surface area contributed by atoms with Crippen LogP contribution < -0.4 is 5.32 Å². The lowest BCUT2D eigenvalue weighted by Gasteiger charge is -2.41. The maximum absolute atomic E-state index is 12.1. The van der Waals surface area contributed by atoms with Crippen LogP contribution in [0.1, 0.15) is 42.5 Å². The number of ether oxygens (including phenoxy) is 1. The Morgan fingerprint density at radius 1 is 1.11 bits per heavy atom. The highest BCUT2D eigenvalue weighted by molar-refractivity contribution is 5.89. The lowest BCUT2D eigenvalue weighted by atomic mass is 9.77. The summed E-state index contributed by atoms with van der Waals surface area (Å²) >= 11 is 0. The van der Waals surface area contributed by atoms with Gasteiger partial charge in [-0.2, -0.15) is 0 Å². The molecule has 0 aromatic heterocycles. The number of hydrogen-bond donors (Lipinski definition) is 1. The molecule has 1 N–H and O–H groups in total. The van der Waals surface area contributed by atoms with Crippen molar-refractivity contribution >= 4 is 5.97 Å². The Labute approximate surface area is 114 Å². The first-order valence-electron chi connectivity index (χ1n) is 7.34. The smallest absolute Gasteiger partial charge is 0.338 e. The van der Waals surface area contributed by atoms with Crippen LogP contribution in [0.15, 0.2) is 30.3 Å². The highest BCUT2D eigenvalue weighted by atomic mass is 16.5. The molecule has 2 fully saturated rings. The van der Waals surface area contributed by atoms with Gasteiger partial charge in [-0.15, -0.1) is 0 Å². The van der Waals surface area contributed by atoms with Crippen molar-refractivity contribution in [2.45, 2.75) is 44.2 Å². The van der Waals surface area contributed by atoms with Crippen LogP contribution in [0.4, 0.5) is 0 Å². The van der Waals surface area contributed by atoms with Gasteiger partial charge in [0.1, 0.15) is 6.10 Å². The normalized spacial score (nSPS) is 30.4. The summed E-state index contributed by atoms with van der Waals surface area (Å²) in [6.07, 6.45) is 6.02. The van der Waals surface area contributed by atoms with E-state index in [4.69, 9.17) is 4.74 Å². The van der Waals surface area contributed by atoms with Crippen molar-refractivity contribution in [2.75, 3.05) is 6.54 Å². The van der Waals surface area contributed by atoms with Gasteiger partial charge in [-0.3, -0.25) is 0 Å². The molecule has 3 atom stereocenters. The Morgan fingerprint density at radius 3 is 2.74 bits per heavy atom. The Bertz CT molecular complexity index is 430. The molecule has 0 spiro atoms. The van der Waals surface area contributed by atoms with Crippen LogP contribution in [0.3, 0.4) is 0 Å². The van der Waals surface area contributed by atoms with E-state index in [1.54, 1.807) is 0 Å². The minimum atomic E-state index is -0.170. The number of rotatable bonds is 2. The van der Waals surface area contributed by atoms with Crippen molar-refractivity contribution in [3.05, 3.63) is 35.9 Å². The fourth-order valence-corrected chi connectivity index (χ4v) is 3.41. The SMILES string of the molecule is O=C(O[C@@H]1CCN[C@@H]2CCCC[C@@H]21)c1ccccc1. The van der Waals surface area contributed by atoms with Crippen LogP contribution in [0.25, 0.3) is 0 Å². The van der Waals surface area contributed by atoms with E-state index in [1.165, 1.54) is 25.7 Å². The second-order valence-corrected chi connectivity index (χ2v) is 5.61. The summed E-state index contributed by atoms with van der Waals surface area (Å²) in [6.45, 7) is 0.966. The molecule has 1 aliphatic heterocycles. The number of hydrogen-bond acceptors (Lipinski definition) is 3. The molecule has 3 heteroatoms. The third-order valence-corrected chi connectivity index (χ3v) is 4.40. The van der Waals surface area contributed by atoms with E-state index >= 15 is 0 Å². The monoisotopic (exact) mass is 259 g/mol. The fourth-order valence-electron chi connectivity index (χ4n) is 3.41. The predicted molar refractivity (Wildman–Crippen MR) is 74.0 cm³/mol. The molecule has 1 aromatic carbocycles. The number of benzene rings is 1. The highest BCUT2D eigenvalue weighted by Gasteiger charge is 2.36. The lowest BCUT2D eigenvalue weighted by molar-refractivity contribution is -0.0135. The Balaban J connectivity index is 1.66. The molecular weight excluding hydrogens is 238 g/mol. The van der Waals surface area contributed by atoms with Gasteiger partial charge in [-0.1, -0.05) is 31.0 Å². The zero-order chi connectivity index (χ0) is 13.1. The van der Waals surface area contributed by atoms with Gasteiger partial charge in [-0.25, -0.2) is 4.79 Å². The van der Waals surface area contributed by atoms with E-state index in [0.717, 1.165) is 13.0 Å². The summed E-state index contributed by atoms with van der Waals surface area (Å²) in [6, 6.07) is 9.86. The van der Waals surface area contributed by atoms with Gasteiger partial charge in [0.05, 0.1) is 5.56 Å². The molecule has 1 saturated carbocycles. The predicted octanol–water partition coefficient (Wildman–Crippen LogP) is 2.76. The minimum Gasteiger partial charge on any atom is -0.458 e. The molecule has 2 aliphatic rings. The Morgan fingerprint density at radius 2 is 1.89 bits per heavy atom. The maximum Gasteiger partial charge on any atom is 0.338 e. The molecule has 3 nitrogen and oxygen atoms in total. The molecule has 0 radical (unpaired) electrons. The van der Waals surface area contributed by atoms with Crippen LogP contribution in [0.2, 0.25) is 0 Å². The van der Waals surface area contributed by atoms with E-state index in [0.29, 0.717) is 17.5 Å². The summed E-state index contributed by atoms with van der Waals surface area (Å²) in [5.41, 5.74) is 0.661. The van der Waals surface area contributed by atoms with E-state index in [9.17, 15) is 4.79 Å². The average Bonchev–Trinajstić information content (AvgIpc) is 2.48.